The minimum Gasteiger partial charge on any atom is -0.508 e. The van der Waals surface area contributed by atoms with Crippen molar-refractivity contribution < 1.29 is 14.6 Å². The van der Waals surface area contributed by atoms with E-state index in [0.717, 1.165) is 38.8 Å². The summed E-state index contributed by atoms with van der Waals surface area (Å²) in [5.41, 5.74) is 1.76. The van der Waals surface area contributed by atoms with E-state index in [4.69, 9.17) is 4.74 Å². The van der Waals surface area contributed by atoms with Gasteiger partial charge in [-0.15, -0.1) is 0 Å². The second-order valence-corrected chi connectivity index (χ2v) is 8.64. The number of carbonyl (C=O) groups is 1. The molecule has 0 bridgehead atoms. The van der Waals surface area contributed by atoms with Crippen LogP contribution in [0.5, 0.6) is 11.5 Å². The lowest BCUT2D eigenvalue weighted by molar-refractivity contribution is 0.102. The molecule has 33 heavy (non-hydrogen) atoms. The van der Waals surface area contributed by atoms with Gasteiger partial charge < -0.3 is 20.1 Å². The molecule has 0 unspecified atom stereocenters. The molecule has 2 heterocycles. The SMILES string of the molecule is COc1ccccc1C(=O)Nc1ccnn1C1CCN([C@@H](C)CCc2ccc(O)cc2)CC1. The number of phenols is 1. The van der Waals surface area contributed by atoms with E-state index in [0.29, 0.717) is 28.9 Å². The number of aromatic nitrogens is 2. The van der Waals surface area contributed by atoms with Crippen molar-refractivity contribution >= 4 is 11.7 Å². The molecule has 2 N–H and O–H groups in total. The van der Waals surface area contributed by atoms with Crippen LogP contribution in [0.15, 0.2) is 60.8 Å². The quantitative estimate of drug-likeness (QED) is 0.530. The minimum atomic E-state index is -0.200. The first-order valence-electron chi connectivity index (χ1n) is 11.5. The summed E-state index contributed by atoms with van der Waals surface area (Å²) in [5.74, 6) is 1.38. The monoisotopic (exact) mass is 448 g/mol. The molecular formula is C26H32N4O3. The number of carbonyl (C=O) groups excluding carboxylic acids is 1. The number of likely N-dealkylation sites (tertiary alicyclic amines) is 1. The summed E-state index contributed by atoms with van der Waals surface area (Å²) in [4.78, 5) is 15.4. The molecule has 1 amide bonds. The molecule has 7 heteroatoms. The number of methoxy groups -OCH3 is 1. The summed E-state index contributed by atoms with van der Waals surface area (Å²) in [5, 5.41) is 17.0. The molecular weight excluding hydrogens is 416 g/mol. The molecule has 0 spiro atoms. The first-order valence-corrected chi connectivity index (χ1v) is 11.5. The first kappa shape index (κ1) is 22.9. The van der Waals surface area contributed by atoms with Gasteiger partial charge in [-0.2, -0.15) is 5.10 Å². The van der Waals surface area contributed by atoms with Crippen molar-refractivity contribution in [3.05, 3.63) is 71.9 Å². The Morgan fingerprint density at radius 2 is 1.88 bits per heavy atom. The summed E-state index contributed by atoms with van der Waals surface area (Å²) >= 11 is 0. The van der Waals surface area contributed by atoms with E-state index in [1.807, 2.05) is 35.0 Å². The number of hydrogen-bond donors (Lipinski definition) is 2. The van der Waals surface area contributed by atoms with Crippen LogP contribution >= 0.6 is 0 Å². The van der Waals surface area contributed by atoms with Crippen LogP contribution in [0.4, 0.5) is 5.82 Å². The number of anilines is 1. The Morgan fingerprint density at radius 1 is 1.15 bits per heavy atom. The highest BCUT2D eigenvalue weighted by molar-refractivity contribution is 6.05. The van der Waals surface area contributed by atoms with Crippen molar-refractivity contribution in [2.45, 2.75) is 44.7 Å². The molecule has 2 aromatic carbocycles. The number of aryl methyl sites for hydroxylation is 1. The normalized spacial score (nSPS) is 15.8. The topological polar surface area (TPSA) is 79.6 Å². The fraction of sp³-hybridized carbons (Fsp3) is 0.385. The van der Waals surface area contributed by atoms with Crippen LogP contribution in [0.3, 0.4) is 0 Å². The maximum absolute atomic E-state index is 12.8. The predicted molar refractivity (Wildman–Crippen MR) is 129 cm³/mol. The highest BCUT2D eigenvalue weighted by atomic mass is 16.5. The zero-order valence-corrected chi connectivity index (χ0v) is 19.3. The zero-order valence-electron chi connectivity index (χ0n) is 19.3. The number of hydrogen-bond acceptors (Lipinski definition) is 5. The third-order valence-corrected chi connectivity index (χ3v) is 6.52. The van der Waals surface area contributed by atoms with Crippen molar-refractivity contribution in [1.29, 1.82) is 0 Å². The van der Waals surface area contributed by atoms with Crippen LogP contribution in [0, 0.1) is 0 Å². The number of ether oxygens (including phenoxy) is 1. The van der Waals surface area contributed by atoms with E-state index in [2.05, 4.69) is 22.2 Å². The minimum absolute atomic E-state index is 0.200. The first-order chi connectivity index (χ1) is 16.0. The molecule has 0 radical (unpaired) electrons. The number of aromatic hydroxyl groups is 1. The Bertz CT molecular complexity index is 1060. The Kier molecular flexibility index (Phi) is 7.29. The lowest BCUT2D eigenvalue weighted by Crippen LogP contribution is -2.41. The van der Waals surface area contributed by atoms with Gasteiger partial charge in [0.25, 0.3) is 5.91 Å². The summed E-state index contributed by atoms with van der Waals surface area (Å²) in [6.45, 7) is 4.29. The lowest BCUT2D eigenvalue weighted by atomic mass is 10.00. The number of phenolic OH excluding ortho intramolecular Hbond substituents is 1. The van der Waals surface area contributed by atoms with E-state index in [1.54, 1.807) is 37.6 Å². The van der Waals surface area contributed by atoms with Gasteiger partial charge in [-0.1, -0.05) is 24.3 Å². The Balaban J connectivity index is 1.32. The zero-order chi connectivity index (χ0) is 23.2. The van der Waals surface area contributed by atoms with E-state index in [9.17, 15) is 9.90 Å². The third kappa shape index (κ3) is 5.54. The summed E-state index contributed by atoms with van der Waals surface area (Å²) in [6, 6.07) is 17.3. The van der Waals surface area contributed by atoms with Gasteiger partial charge in [-0.25, -0.2) is 4.68 Å². The van der Waals surface area contributed by atoms with Crippen molar-refractivity contribution in [2.75, 3.05) is 25.5 Å². The smallest absolute Gasteiger partial charge is 0.260 e. The summed E-state index contributed by atoms with van der Waals surface area (Å²) in [7, 11) is 1.57. The highest BCUT2D eigenvalue weighted by Crippen LogP contribution is 2.28. The maximum atomic E-state index is 12.8. The molecule has 1 saturated heterocycles. The van der Waals surface area contributed by atoms with E-state index in [-0.39, 0.29) is 11.9 Å². The maximum Gasteiger partial charge on any atom is 0.260 e. The van der Waals surface area contributed by atoms with Crippen LogP contribution in [0.2, 0.25) is 0 Å². The van der Waals surface area contributed by atoms with Gasteiger partial charge in [-0.3, -0.25) is 4.79 Å². The Morgan fingerprint density at radius 3 is 2.61 bits per heavy atom. The standard InChI is InChI=1S/C26H32N4O3/c1-19(7-8-20-9-11-22(31)12-10-20)29-17-14-21(15-18-29)30-25(13-16-27-30)28-26(32)23-5-3-4-6-24(23)33-2/h3-6,9-13,16,19,21,31H,7-8,14-15,17-18H2,1-2H3,(H,28,32)/t19-/m0/s1. The van der Waals surface area contributed by atoms with Crippen LogP contribution in [-0.2, 0) is 6.42 Å². The second-order valence-electron chi connectivity index (χ2n) is 8.64. The fourth-order valence-corrected chi connectivity index (χ4v) is 4.51. The van der Waals surface area contributed by atoms with Crippen molar-refractivity contribution in [2.24, 2.45) is 0 Å². The van der Waals surface area contributed by atoms with Gasteiger partial charge in [0.15, 0.2) is 0 Å². The third-order valence-electron chi connectivity index (χ3n) is 6.52. The van der Waals surface area contributed by atoms with E-state index >= 15 is 0 Å². The molecule has 0 aliphatic carbocycles. The number of nitrogens with one attached hydrogen (secondary N) is 1. The average molecular weight is 449 g/mol. The van der Waals surface area contributed by atoms with Gasteiger partial charge in [0, 0.05) is 25.2 Å². The molecule has 7 nitrogen and oxygen atoms in total. The molecule has 1 atom stereocenters. The van der Waals surface area contributed by atoms with Gasteiger partial charge in [0.2, 0.25) is 0 Å². The molecule has 1 fully saturated rings. The average Bonchev–Trinajstić information content (AvgIpc) is 3.31. The van der Waals surface area contributed by atoms with Gasteiger partial charge in [-0.05, 0) is 62.4 Å². The lowest BCUT2D eigenvalue weighted by Gasteiger charge is -2.36. The number of nitrogens with zero attached hydrogens (tertiary/aromatic N) is 3. The van der Waals surface area contributed by atoms with Crippen LogP contribution in [-0.4, -0.2) is 51.9 Å². The van der Waals surface area contributed by atoms with Crippen LogP contribution in [0.1, 0.15) is 48.1 Å². The number of para-hydroxylation sites is 1. The molecule has 0 saturated carbocycles. The molecule has 174 valence electrons. The Labute approximate surface area is 195 Å². The van der Waals surface area contributed by atoms with Gasteiger partial charge in [0.1, 0.15) is 17.3 Å². The Hall–Kier alpha value is -3.32. The molecule has 3 aromatic rings. The van der Waals surface area contributed by atoms with Crippen LogP contribution in [0.25, 0.3) is 0 Å². The predicted octanol–water partition coefficient (Wildman–Crippen LogP) is 4.51. The molecule has 1 aliphatic heterocycles. The fourth-order valence-electron chi connectivity index (χ4n) is 4.51. The van der Waals surface area contributed by atoms with Crippen molar-refractivity contribution in [3.8, 4) is 11.5 Å². The van der Waals surface area contributed by atoms with Crippen molar-refractivity contribution in [3.63, 3.8) is 0 Å². The molecule has 1 aliphatic rings. The van der Waals surface area contributed by atoms with Crippen LogP contribution < -0.4 is 10.1 Å². The number of rotatable bonds is 8. The largest absolute Gasteiger partial charge is 0.508 e. The van der Waals surface area contributed by atoms with E-state index in [1.165, 1.54) is 5.56 Å². The summed E-state index contributed by atoms with van der Waals surface area (Å²) < 4.78 is 7.27. The second kappa shape index (κ2) is 10.5. The number of benzene rings is 2. The van der Waals surface area contributed by atoms with Crippen molar-refractivity contribution in [1.82, 2.24) is 14.7 Å². The molecule has 4 rings (SSSR count). The van der Waals surface area contributed by atoms with Gasteiger partial charge in [0.05, 0.1) is 24.9 Å². The number of piperidine rings is 1. The van der Waals surface area contributed by atoms with E-state index < -0.39 is 0 Å². The number of amides is 1. The summed E-state index contributed by atoms with van der Waals surface area (Å²) in [6.07, 6.45) is 5.80. The van der Waals surface area contributed by atoms with Gasteiger partial charge >= 0.3 is 0 Å². The molecule has 1 aromatic heterocycles. The highest BCUT2D eigenvalue weighted by Gasteiger charge is 2.26.